The van der Waals surface area contributed by atoms with Gasteiger partial charge in [0.15, 0.2) is 17.3 Å². The van der Waals surface area contributed by atoms with Crippen LogP contribution >= 0.6 is 0 Å². The molecule has 0 N–H and O–H groups in total. The van der Waals surface area contributed by atoms with Crippen LogP contribution in [0.5, 0.6) is 11.5 Å². The van der Waals surface area contributed by atoms with Crippen LogP contribution < -0.4 is 15.0 Å². The van der Waals surface area contributed by atoms with Crippen molar-refractivity contribution in [1.29, 1.82) is 0 Å². The van der Waals surface area contributed by atoms with Crippen LogP contribution in [-0.2, 0) is 16.1 Å². The molecule has 0 fully saturated rings. The number of rotatable bonds is 6. The maximum absolute atomic E-state index is 12.4. The number of aryl methyl sites for hydroxylation is 1. The highest BCUT2D eigenvalue weighted by molar-refractivity contribution is 5.98. The minimum absolute atomic E-state index is 0.00552. The maximum atomic E-state index is 12.4. The predicted molar refractivity (Wildman–Crippen MR) is 107 cm³/mol. The molecule has 0 radical (unpaired) electrons. The molecule has 0 unspecified atom stereocenters. The zero-order chi connectivity index (χ0) is 21.1. The van der Waals surface area contributed by atoms with E-state index in [0.717, 1.165) is 5.56 Å². The first kappa shape index (κ1) is 19.6. The molecule has 0 saturated heterocycles. The zero-order valence-corrected chi connectivity index (χ0v) is 16.4. The highest BCUT2D eigenvalue weighted by Gasteiger charge is 2.16. The third-order valence-corrected chi connectivity index (χ3v) is 4.66. The van der Waals surface area contributed by atoms with Gasteiger partial charge in [0.05, 0.1) is 12.1 Å². The number of esters is 1. The molecule has 0 bridgehead atoms. The fourth-order valence-electron chi connectivity index (χ4n) is 3.14. The summed E-state index contributed by atoms with van der Waals surface area (Å²) in [5.41, 5.74) is 1.98. The first-order valence-corrected chi connectivity index (χ1v) is 9.57. The summed E-state index contributed by atoms with van der Waals surface area (Å²) in [4.78, 5) is 40.9. The maximum Gasteiger partial charge on any atom is 0.306 e. The first-order valence-electron chi connectivity index (χ1n) is 9.57. The summed E-state index contributed by atoms with van der Waals surface area (Å²) in [6.07, 6.45) is 1.63. The lowest BCUT2D eigenvalue weighted by molar-refractivity contribution is -0.145. The molecule has 3 heterocycles. The van der Waals surface area contributed by atoms with Gasteiger partial charge in [-0.1, -0.05) is 6.07 Å². The summed E-state index contributed by atoms with van der Waals surface area (Å²) in [6, 6.07) is 9.87. The van der Waals surface area contributed by atoms with Gasteiger partial charge < -0.3 is 14.2 Å². The highest BCUT2D eigenvalue weighted by Crippen LogP contribution is 2.31. The average molecular weight is 408 g/mol. The van der Waals surface area contributed by atoms with Crippen molar-refractivity contribution < 1.29 is 23.8 Å². The summed E-state index contributed by atoms with van der Waals surface area (Å²) in [7, 11) is 0. The molecule has 1 aliphatic heterocycles. The standard InChI is InChI=1S/C22H20N2O6/c1-14-2-6-20-23-16(11-21(26)24(20)12-14)13-30-22(27)7-4-17(25)15-3-5-18-19(10-15)29-9-8-28-18/h2-3,5-6,10-12H,4,7-9,13H2,1H3. The van der Waals surface area contributed by atoms with E-state index in [4.69, 9.17) is 14.2 Å². The lowest BCUT2D eigenvalue weighted by atomic mass is 10.1. The molecule has 8 heteroatoms. The lowest BCUT2D eigenvalue weighted by Gasteiger charge is -2.18. The Morgan fingerprint density at radius 1 is 1.07 bits per heavy atom. The molecule has 1 aromatic carbocycles. The second-order valence-electron chi connectivity index (χ2n) is 6.96. The predicted octanol–water partition coefficient (Wildman–Crippen LogP) is 2.48. The Balaban J connectivity index is 1.33. The normalized spacial score (nSPS) is 12.6. The molecule has 8 nitrogen and oxygen atoms in total. The van der Waals surface area contributed by atoms with Gasteiger partial charge in [0, 0.05) is 24.2 Å². The number of benzene rings is 1. The van der Waals surface area contributed by atoms with Crippen molar-refractivity contribution in [2.24, 2.45) is 0 Å². The zero-order valence-electron chi connectivity index (χ0n) is 16.4. The molecular formula is C22H20N2O6. The van der Waals surface area contributed by atoms with Crippen molar-refractivity contribution >= 4 is 17.4 Å². The lowest BCUT2D eigenvalue weighted by Crippen LogP contribution is -2.17. The number of nitrogens with zero attached hydrogens (tertiary/aromatic N) is 2. The third-order valence-electron chi connectivity index (χ3n) is 4.66. The van der Waals surface area contributed by atoms with E-state index in [9.17, 15) is 14.4 Å². The number of ether oxygens (including phenoxy) is 3. The van der Waals surface area contributed by atoms with Gasteiger partial charge in [-0.25, -0.2) is 4.98 Å². The number of hydrogen-bond acceptors (Lipinski definition) is 7. The SMILES string of the molecule is Cc1ccc2nc(COC(=O)CCC(=O)c3ccc4c(c3)OCCO4)cc(=O)n2c1. The number of aromatic nitrogens is 2. The fraction of sp³-hybridized carbons (Fsp3) is 0.273. The minimum atomic E-state index is -0.535. The van der Waals surface area contributed by atoms with Crippen molar-refractivity contribution in [3.05, 3.63) is 69.8 Å². The smallest absolute Gasteiger partial charge is 0.306 e. The van der Waals surface area contributed by atoms with Crippen LogP contribution in [0.25, 0.3) is 5.65 Å². The molecule has 0 amide bonds. The summed E-state index contributed by atoms with van der Waals surface area (Å²) in [6.45, 7) is 2.66. The van der Waals surface area contributed by atoms with E-state index in [1.807, 2.05) is 13.0 Å². The molecule has 30 heavy (non-hydrogen) atoms. The second-order valence-corrected chi connectivity index (χ2v) is 6.96. The van der Waals surface area contributed by atoms with E-state index in [-0.39, 0.29) is 30.8 Å². The fourth-order valence-corrected chi connectivity index (χ4v) is 3.14. The quantitative estimate of drug-likeness (QED) is 0.457. The summed E-state index contributed by atoms with van der Waals surface area (Å²) in [5, 5.41) is 0. The number of pyridine rings is 1. The molecule has 0 spiro atoms. The van der Waals surface area contributed by atoms with Gasteiger partial charge in [-0.15, -0.1) is 0 Å². The summed E-state index contributed by atoms with van der Waals surface area (Å²) < 4.78 is 17.5. The molecule has 1 aliphatic rings. The van der Waals surface area contributed by atoms with Crippen molar-refractivity contribution in [3.8, 4) is 11.5 Å². The van der Waals surface area contributed by atoms with Crippen molar-refractivity contribution in [1.82, 2.24) is 9.38 Å². The van der Waals surface area contributed by atoms with Crippen LogP contribution in [0.1, 0.15) is 34.5 Å². The van der Waals surface area contributed by atoms with E-state index in [1.54, 1.807) is 30.5 Å². The van der Waals surface area contributed by atoms with Gasteiger partial charge in [0.2, 0.25) is 0 Å². The van der Waals surface area contributed by atoms with Gasteiger partial charge in [-0.2, -0.15) is 0 Å². The van der Waals surface area contributed by atoms with Crippen LogP contribution in [0, 0.1) is 6.92 Å². The largest absolute Gasteiger partial charge is 0.486 e. The molecule has 0 aliphatic carbocycles. The van der Waals surface area contributed by atoms with Crippen molar-refractivity contribution in [3.63, 3.8) is 0 Å². The van der Waals surface area contributed by atoms with Crippen molar-refractivity contribution in [2.75, 3.05) is 13.2 Å². The Labute approximate surface area is 172 Å². The van der Waals surface area contributed by atoms with Crippen molar-refractivity contribution in [2.45, 2.75) is 26.4 Å². The number of carbonyl (C=O) groups is 2. The summed E-state index contributed by atoms with van der Waals surface area (Å²) >= 11 is 0. The second kappa shape index (κ2) is 8.36. The third kappa shape index (κ3) is 4.32. The Morgan fingerprint density at radius 2 is 1.87 bits per heavy atom. The Morgan fingerprint density at radius 3 is 2.70 bits per heavy atom. The van der Waals surface area contributed by atoms with E-state index < -0.39 is 5.97 Å². The molecular weight excluding hydrogens is 388 g/mol. The summed E-state index contributed by atoms with van der Waals surface area (Å²) in [5.74, 6) is 0.401. The highest BCUT2D eigenvalue weighted by atomic mass is 16.6. The van der Waals surface area contributed by atoms with Gasteiger partial charge >= 0.3 is 5.97 Å². The molecule has 2 aromatic heterocycles. The topological polar surface area (TPSA) is 96.2 Å². The monoisotopic (exact) mass is 408 g/mol. The number of ketones is 1. The van der Waals surface area contributed by atoms with E-state index >= 15 is 0 Å². The molecule has 0 saturated carbocycles. The number of carbonyl (C=O) groups excluding carboxylic acids is 2. The Bertz CT molecular complexity index is 1180. The van der Waals surface area contributed by atoms with E-state index in [0.29, 0.717) is 41.6 Å². The molecule has 3 aromatic rings. The minimum Gasteiger partial charge on any atom is -0.486 e. The first-order chi connectivity index (χ1) is 14.5. The van der Waals surface area contributed by atoms with Crippen LogP contribution in [0.4, 0.5) is 0 Å². The van der Waals surface area contributed by atoms with Gasteiger partial charge in [-0.3, -0.25) is 18.8 Å². The van der Waals surface area contributed by atoms with E-state index in [2.05, 4.69) is 4.98 Å². The van der Waals surface area contributed by atoms with Gasteiger partial charge in [-0.05, 0) is 36.8 Å². The number of Topliss-reactive ketones (excluding diaryl/α,β-unsaturated/α-hetero) is 1. The van der Waals surface area contributed by atoms with E-state index in [1.165, 1.54) is 10.5 Å². The van der Waals surface area contributed by atoms with Crippen LogP contribution in [0.2, 0.25) is 0 Å². The average Bonchev–Trinajstić information content (AvgIpc) is 2.76. The number of fused-ring (bicyclic) bond motifs is 2. The number of hydrogen-bond donors (Lipinski definition) is 0. The molecule has 0 atom stereocenters. The van der Waals surface area contributed by atoms with Crippen LogP contribution in [0.3, 0.4) is 0 Å². The van der Waals surface area contributed by atoms with Gasteiger partial charge in [0.25, 0.3) is 5.56 Å². The molecule has 4 rings (SSSR count). The van der Waals surface area contributed by atoms with Crippen LogP contribution in [0.15, 0.2) is 47.4 Å². The van der Waals surface area contributed by atoms with Crippen LogP contribution in [-0.4, -0.2) is 34.4 Å². The Hall–Kier alpha value is -3.68. The molecule has 154 valence electrons. The van der Waals surface area contributed by atoms with Gasteiger partial charge in [0.1, 0.15) is 25.5 Å². The Kier molecular flexibility index (Phi) is 5.47.